The highest BCUT2D eigenvalue weighted by Gasteiger charge is 2.38. The van der Waals surface area contributed by atoms with E-state index in [1.54, 1.807) is 6.07 Å². The molecular weight excluding hydrogens is 244 g/mol. The Bertz CT molecular complexity index is 516. The van der Waals surface area contributed by atoms with Gasteiger partial charge in [0.05, 0.1) is 15.7 Å². The lowest BCUT2D eigenvalue weighted by molar-refractivity contribution is -0.0980. The molecule has 0 radical (unpaired) electrons. The molecular formula is C11H12O5S. The zero-order chi connectivity index (χ0) is 13.1. The second-order valence-corrected chi connectivity index (χ2v) is 5.74. The normalized spacial score (nSPS) is 14.6. The fraction of sp³-hybridized carbons (Fsp3) is 0.273. The van der Waals surface area contributed by atoms with Gasteiger partial charge in [-0.1, -0.05) is 12.1 Å². The second kappa shape index (κ2) is 5.09. The number of aromatic carboxylic acids is 1. The summed E-state index contributed by atoms with van der Waals surface area (Å²) in [5, 5.41) is 8.49. The number of hydrogen-bond acceptors (Lipinski definition) is 4. The van der Waals surface area contributed by atoms with E-state index >= 15 is 0 Å². The molecule has 1 aliphatic carbocycles. The molecule has 17 heavy (non-hydrogen) atoms. The van der Waals surface area contributed by atoms with Crippen LogP contribution in [0.1, 0.15) is 23.2 Å². The first-order chi connectivity index (χ1) is 8.03. The Balaban J connectivity index is 0.000000686. The minimum absolute atomic E-state index is 0.0556. The topological polar surface area (TPSA) is 88.5 Å². The molecule has 0 saturated heterocycles. The van der Waals surface area contributed by atoms with Crippen LogP contribution in [0.2, 0.25) is 0 Å². The van der Waals surface area contributed by atoms with E-state index < -0.39 is 15.8 Å². The maximum atomic E-state index is 11.9. The molecule has 1 aromatic rings. The molecule has 6 heteroatoms. The Morgan fingerprint density at radius 1 is 1.24 bits per heavy atom. The van der Waals surface area contributed by atoms with Crippen LogP contribution in [-0.2, 0) is 14.6 Å². The first-order valence-electron chi connectivity index (χ1n) is 4.88. The van der Waals surface area contributed by atoms with E-state index in [0.717, 1.165) is 0 Å². The third-order valence-corrected chi connectivity index (χ3v) is 4.71. The third-order valence-electron chi connectivity index (χ3n) is 2.39. The summed E-state index contributed by atoms with van der Waals surface area (Å²) in [5.41, 5.74) is -0.135. The van der Waals surface area contributed by atoms with Crippen molar-refractivity contribution >= 4 is 22.6 Å². The average molecular weight is 256 g/mol. The smallest absolute Gasteiger partial charge is 0.337 e. The maximum absolute atomic E-state index is 11.9. The van der Waals surface area contributed by atoms with Gasteiger partial charge in [-0.15, -0.1) is 0 Å². The van der Waals surface area contributed by atoms with E-state index in [4.69, 9.17) is 9.90 Å². The molecule has 0 amide bonds. The predicted molar refractivity (Wildman–Crippen MR) is 60.7 cm³/mol. The molecule has 1 saturated carbocycles. The third kappa shape index (κ3) is 2.71. The molecule has 0 spiro atoms. The van der Waals surface area contributed by atoms with Crippen LogP contribution in [0.25, 0.3) is 0 Å². The number of carboxylic acids is 1. The van der Waals surface area contributed by atoms with Crippen LogP contribution in [0, 0.1) is 0 Å². The quantitative estimate of drug-likeness (QED) is 0.875. The number of benzene rings is 1. The summed E-state index contributed by atoms with van der Waals surface area (Å²) in [6.07, 6.45) is 1.27. The van der Waals surface area contributed by atoms with Gasteiger partial charge in [0.2, 0.25) is 0 Å². The van der Waals surface area contributed by atoms with E-state index in [1.165, 1.54) is 18.2 Å². The molecule has 0 bridgehead atoms. The van der Waals surface area contributed by atoms with Crippen molar-refractivity contribution in [2.75, 3.05) is 0 Å². The average Bonchev–Trinajstić information content (AvgIpc) is 3.16. The van der Waals surface area contributed by atoms with Crippen molar-refractivity contribution in [1.29, 1.82) is 0 Å². The summed E-state index contributed by atoms with van der Waals surface area (Å²) in [5.74, 6) is -1.20. The predicted octanol–water partition coefficient (Wildman–Crippen LogP) is 1.14. The Hall–Kier alpha value is -1.69. The molecule has 0 atom stereocenters. The highest BCUT2D eigenvalue weighted by Crippen LogP contribution is 2.34. The molecule has 1 aliphatic rings. The largest absolute Gasteiger partial charge is 0.478 e. The Morgan fingerprint density at radius 3 is 2.24 bits per heavy atom. The molecule has 1 fully saturated rings. The van der Waals surface area contributed by atoms with Crippen molar-refractivity contribution in [3.8, 4) is 0 Å². The first-order valence-corrected chi connectivity index (χ1v) is 6.43. The zero-order valence-electron chi connectivity index (χ0n) is 9.00. The first kappa shape index (κ1) is 13.4. The van der Waals surface area contributed by atoms with Gasteiger partial charge in [-0.2, -0.15) is 0 Å². The van der Waals surface area contributed by atoms with E-state index in [-0.39, 0.29) is 15.7 Å². The lowest BCUT2D eigenvalue weighted by Crippen LogP contribution is -2.12. The fourth-order valence-electron chi connectivity index (χ4n) is 1.45. The molecule has 1 N–H and O–H groups in total. The Labute approximate surface area is 99.0 Å². The van der Waals surface area contributed by atoms with Crippen LogP contribution in [0.5, 0.6) is 0 Å². The summed E-state index contributed by atoms with van der Waals surface area (Å²) < 4.78 is 23.7. The highest BCUT2D eigenvalue weighted by molar-refractivity contribution is 7.92. The maximum Gasteiger partial charge on any atom is 0.337 e. The number of carbonyl (C=O) groups is 2. The van der Waals surface area contributed by atoms with Crippen molar-refractivity contribution < 1.29 is 23.1 Å². The second-order valence-electron chi connectivity index (χ2n) is 3.55. The van der Waals surface area contributed by atoms with Gasteiger partial charge in [0.15, 0.2) is 9.84 Å². The standard InChI is InChI=1S/C10H10O4S.CH2O/c11-10(12)8-3-1-2-4-9(8)15(13,14)7-5-6-7;1-2/h1-4,7H,5-6H2,(H,11,12);1H2. The molecule has 2 rings (SSSR count). The Kier molecular flexibility index (Phi) is 4.01. The van der Waals surface area contributed by atoms with Gasteiger partial charge >= 0.3 is 5.97 Å². The molecule has 1 aromatic carbocycles. The van der Waals surface area contributed by atoms with E-state index in [2.05, 4.69) is 0 Å². The molecule has 0 heterocycles. The van der Waals surface area contributed by atoms with Crippen molar-refractivity contribution in [2.24, 2.45) is 0 Å². The molecule has 92 valence electrons. The van der Waals surface area contributed by atoms with Gasteiger partial charge in [-0.05, 0) is 25.0 Å². The number of carbonyl (C=O) groups excluding carboxylic acids is 1. The highest BCUT2D eigenvalue weighted by atomic mass is 32.2. The molecule has 5 nitrogen and oxygen atoms in total. The van der Waals surface area contributed by atoms with Gasteiger partial charge in [-0.3, -0.25) is 0 Å². The number of sulfone groups is 1. The lowest BCUT2D eigenvalue weighted by Gasteiger charge is -2.05. The van der Waals surface area contributed by atoms with Gasteiger partial charge in [0, 0.05) is 0 Å². The van der Waals surface area contributed by atoms with Crippen molar-refractivity contribution in [3.63, 3.8) is 0 Å². The molecule has 0 unspecified atom stereocenters. The van der Waals surface area contributed by atoms with Crippen LogP contribution in [-0.4, -0.2) is 31.5 Å². The van der Waals surface area contributed by atoms with Crippen LogP contribution < -0.4 is 0 Å². The SMILES string of the molecule is C=O.O=C(O)c1ccccc1S(=O)(=O)C1CC1. The van der Waals surface area contributed by atoms with Crippen molar-refractivity contribution in [1.82, 2.24) is 0 Å². The number of rotatable bonds is 3. The van der Waals surface area contributed by atoms with E-state index in [0.29, 0.717) is 12.8 Å². The van der Waals surface area contributed by atoms with Gasteiger partial charge in [0.25, 0.3) is 0 Å². The van der Waals surface area contributed by atoms with Crippen molar-refractivity contribution in [3.05, 3.63) is 29.8 Å². The summed E-state index contributed by atoms with van der Waals surface area (Å²) in [4.78, 5) is 18.8. The monoisotopic (exact) mass is 256 g/mol. The molecule has 0 aromatic heterocycles. The van der Waals surface area contributed by atoms with Gasteiger partial charge in [-0.25, -0.2) is 13.2 Å². The Morgan fingerprint density at radius 2 is 1.76 bits per heavy atom. The minimum Gasteiger partial charge on any atom is -0.478 e. The van der Waals surface area contributed by atoms with Crippen molar-refractivity contribution in [2.45, 2.75) is 23.0 Å². The summed E-state index contributed by atoms with van der Waals surface area (Å²) >= 11 is 0. The van der Waals surface area contributed by atoms with E-state index in [9.17, 15) is 13.2 Å². The molecule has 0 aliphatic heterocycles. The van der Waals surface area contributed by atoms with Crippen LogP contribution in [0.4, 0.5) is 0 Å². The number of carboxylic acid groups (broad SMARTS) is 1. The zero-order valence-corrected chi connectivity index (χ0v) is 9.81. The van der Waals surface area contributed by atoms with Gasteiger partial charge < -0.3 is 9.90 Å². The minimum atomic E-state index is -3.42. The van der Waals surface area contributed by atoms with Crippen LogP contribution in [0.15, 0.2) is 29.2 Å². The van der Waals surface area contributed by atoms with Crippen LogP contribution in [0.3, 0.4) is 0 Å². The fourth-order valence-corrected chi connectivity index (χ4v) is 3.30. The number of hydrogen-bond donors (Lipinski definition) is 1. The summed E-state index contributed by atoms with van der Waals surface area (Å²) in [6.45, 7) is 2.00. The lowest BCUT2D eigenvalue weighted by atomic mass is 10.2. The summed E-state index contributed by atoms with van der Waals surface area (Å²) in [7, 11) is -3.42. The van der Waals surface area contributed by atoms with Crippen LogP contribution >= 0.6 is 0 Å². The van der Waals surface area contributed by atoms with E-state index in [1.807, 2.05) is 6.79 Å². The summed E-state index contributed by atoms with van der Waals surface area (Å²) in [6, 6.07) is 5.74. The van der Waals surface area contributed by atoms with Gasteiger partial charge in [0.1, 0.15) is 6.79 Å².